The van der Waals surface area contributed by atoms with E-state index in [1.807, 2.05) is 67.6 Å². The van der Waals surface area contributed by atoms with Crippen molar-refractivity contribution in [2.75, 3.05) is 6.54 Å². The Morgan fingerprint density at radius 1 is 0.793 bits per heavy atom. The van der Waals surface area contributed by atoms with Gasteiger partial charge in [0.25, 0.3) is 0 Å². The Morgan fingerprint density at radius 2 is 1.24 bits per heavy atom. The van der Waals surface area contributed by atoms with Gasteiger partial charge in [0.1, 0.15) is 12.0 Å². The number of benzene rings is 2. The van der Waals surface area contributed by atoms with Gasteiger partial charge in [0.15, 0.2) is 0 Å². The number of esters is 1. The molecule has 2 rings (SSSR count). The van der Waals surface area contributed by atoms with Gasteiger partial charge < -0.3 is 10.1 Å². The zero-order valence-corrected chi connectivity index (χ0v) is 18.6. The average molecular weight is 396 g/mol. The molecule has 1 unspecified atom stereocenters. The first-order valence-corrected chi connectivity index (χ1v) is 10.9. The van der Waals surface area contributed by atoms with E-state index < -0.39 is 5.92 Å². The second kappa shape index (κ2) is 11.8. The largest absolute Gasteiger partial charge is 0.461 e. The van der Waals surface area contributed by atoms with Crippen LogP contribution in [0.4, 0.5) is 0 Å². The fraction of sp³-hybridized carbons (Fsp3) is 0.500. The molecule has 3 nitrogen and oxygen atoms in total. The van der Waals surface area contributed by atoms with Gasteiger partial charge in [-0.05, 0) is 42.7 Å². The lowest BCUT2D eigenvalue weighted by Gasteiger charge is -2.25. The molecule has 2 aromatic rings. The van der Waals surface area contributed by atoms with E-state index in [-0.39, 0.29) is 12.1 Å². The minimum Gasteiger partial charge on any atom is -0.461 e. The third kappa shape index (κ3) is 8.02. The molecule has 0 spiro atoms. The first-order chi connectivity index (χ1) is 13.9. The van der Waals surface area contributed by atoms with Crippen LogP contribution in [0, 0.1) is 11.8 Å². The summed E-state index contributed by atoms with van der Waals surface area (Å²) < 4.78 is 5.88. The molecule has 0 saturated carbocycles. The van der Waals surface area contributed by atoms with Crippen molar-refractivity contribution in [2.24, 2.45) is 11.8 Å². The molecule has 158 valence electrons. The number of carbonyl (C=O) groups is 1. The lowest BCUT2D eigenvalue weighted by atomic mass is 9.91. The van der Waals surface area contributed by atoms with E-state index in [0.29, 0.717) is 24.4 Å². The SMILES string of the molecule is CC(C)CC(CC(C)C)NCC(C)OC(=O)C(c1ccccc1)c1ccccc1. The first-order valence-electron chi connectivity index (χ1n) is 10.9. The van der Waals surface area contributed by atoms with Crippen LogP contribution < -0.4 is 5.32 Å². The maximum absolute atomic E-state index is 13.1. The van der Waals surface area contributed by atoms with Crippen LogP contribution >= 0.6 is 0 Å². The number of hydrogen-bond donors (Lipinski definition) is 1. The van der Waals surface area contributed by atoms with Crippen LogP contribution in [0.2, 0.25) is 0 Å². The Balaban J connectivity index is 2.03. The number of carbonyl (C=O) groups excluding carboxylic acids is 1. The zero-order chi connectivity index (χ0) is 21.2. The third-order valence-corrected chi connectivity index (χ3v) is 5.02. The first kappa shape index (κ1) is 23.2. The van der Waals surface area contributed by atoms with Crippen LogP contribution in [-0.2, 0) is 9.53 Å². The van der Waals surface area contributed by atoms with Gasteiger partial charge in [-0.3, -0.25) is 4.79 Å². The molecular formula is C26H37NO2. The Kier molecular flexibility index (Phi) is 9.40. The highest BCUT2D eigenvalue weighted by atomic mass is 16.5. The van der Waals surface area contributed by atoms with Gasteiger partial charge in [-0.15, -0.1) is 0 Å². The summed E-state index contributed by atoms with van der Waals surface area (Å²) in [7, 11) is 0. The van der Waals surface area contributed by atoms with Gasteiger partial charge in [0.2, 0.25) is 0 Å². The predicted molar refractivity (Wildman–Crippen MR) is 121 cm³/mol. The summed E-state index contributed by atoms with van der Waals surface area (Å²) in [6.45, 7) is 11.7. The molecule has 0 bridgehead atoms. The summed E-state index contributed by atoms with van der Waals surface area (Å²) in [6.07, 6.45) is 2.09. The van der Waals surface area contributed by atoms with Crippen LogP contribution in [0.3, 0.4) is 0 Å². The summed E-state index contributed by atoms with van der Waals surface area (Å²) in [4.78, 5) is 13.1. The van der Waals surface area contributed by atoms with Crippen LogP contribution in [0.1, 0.15) is 64.5 Å². The molecule has 0 heterocycles. The highest BCUT2D eigenvalue weighted by molar-refractivity contribution is 5.82. The van der Waals surface area contributed by atoms with E-state index in [2.05, 4.69) is 33.0 Å². The molecule has 0 radical (unpaired) electrons. The molecule has 1 atom stereocenters. The highest BCUT2D eigenvalue weighted by Crippen LogP contribution is 2.26. The van der Waals surface area contributed by atoms with Crippen LogP contribution in [0.5, 0.6) is 0 Å². The van der Waals surface area contributed by atoms with Gasteiger partial charge >= 0.3 is 5.97 Å². The van der Waals surface area contributed by atoms with Crippen molar-refractivity contribution >= 4 is 5.97 Å². The Bertz CT molecular complexity index is 663. The highest BCUT2D eigenvalue weighted by Gasteiger charge is 2.26. The van der Waals surface area contributed by atoms with Crippen molar-refractivity contribution in [2.45, 2.75) is 65.5 Å². The number of nitrogens with one attached hydrogen (secondary N) is 1. The Hall–Kier alpha value is -2.13. The van der Waals surface area contributed by atoms with E-state index >= 15 is 0 Å². The van der Waals surface area contributed by atoms with Crippen LogP contribution in [0.25, 0.3) is 0 Å². The van der Waals surface area contributed by atoms with Crippen LogP contribution in [0.15, 0.2) is 60.7 Å². The van der Waals surface area contributed by atoms with Gasteiger partial charge in [0.05, 0.1) is 0 Å². The maximum atomic E-state index is 13.1. The van der Waals surface area contributed by atoms with Gasteiger partial charge in [-0.25, -0.2) is 0 Å². The number of rotatable bonds is 11. The van der Waals surface area contributed by atoms with Crippen molar-refractivity contribution < 1.29 is 9.53 Å². The van der Waals surface area contributed by atoms with Crippen molar-refractivity contribution in [3.8, 4) is 0 Å². The monoisotopic (exact) mass is 395 g/mol. The molecule has 0 amide bonds. The molecule has 0 aliphatic rings. The second-order valence-electron chi connectivity index (χ2n) is 8.87. The normalized spacial score (nSPS) is 12.7. The minimum atomic E-state index is -0.401. The van der Waals surface area contributed by atoms with E-state index in [4.69, 9.17) is 4.74 Å². The fourth-order valence-corrected chi connectivity index (χ4v) is 3.80. The molecule has 29 heavy (non-hydrogen) atoms. The van der Waals surface area contributed by atoms with Gasteiger partial charge in [-0.2, -0.15) is 0 Å². The van der Waals surface area contributed by atoms with Crippen molar-refractivity contribution in [3.05, 3.63) is 71.8 Å². The lowest BCUT2D eigenvalue weighted by Crippen LogP contribution is -2.38. The quantitative estimate of drug-likeness (QED) is 0.489. The van der Waals surface area contributed by atoms with Gasteiger partial charge in [0, 0.05) is 12.6 Å². The Morgan fingerprint density at radius 3 is 1.66 bits per heavy atom. The smallest absolute Gasteiger partial charge is 0.318 e. The molecule has 0 aliphatic heterocycles. The molecule has 0 fully saturated rings. The lowest BCUT2D eigenvalue weighted by molar-refractivity contribution is -0.148. The molecular weight excluding hydrogens is 358 g/mol. The predicted octanol–water partition coefficient (Wildman–Crippen LogP) is 5.80. The summed E-state index contributed by atoms with van der Waals surface area (Å²) in [5.41, 5.74) is 1.92. The Labute approximate surface area is 176 Å². The second-order valence-corrected chi connectivity index (χ2v) is 8.87. The average Bonchev–Trinajstić information content (AvgIpc) is 2.67. The van der Waals surface area contributed by atoms with Gasteiger partial charge in [-0.1, -0.05) is 88.4 Å². The number of ether oxygens (including phenoxy) is 1. The molecule has 2 aromatic carbocycles. The summed E-state index contributed by atoms with van der Waals surface area (Å²) >= 11 is 0. The number of hydrogen-bond acceptors (Lipinski definition) is 3. The van der Waals surface area contributed by atoms with E-state index in [1.165, 1.54) is 0 Å². The summed E-state index contributed by atoms with van der Waals surface area (Å²) in [5, 5.41) is 3.63. The molecule has 1 N–H and O–H groups in total. The maximum Gasteiger partial charge on any atom is 0.318 e. The van der Waals surface area contributed by atoms with Crippen molar-refractivity contribution in [1.82, 2.24) is 5.32 Å². The molecule has 0 saturated heterocycles. The zero-order valence-electron chi connectivity index (χ0n) is 18.6. The van der Waals surface area contributed by atoms with Crippen molar-refractivity contribution in [1.29, 1.82) is 0 Å². The fourth-order valence-electron chi connectivity index (χ4n) is 3.80. The third-order valence-electron chi connectivity index (χ3n) is 5.02. The van der Waals surface area contributed by atoms with E-state index in [0.717, 1.165) is 24.0 Å². The van der Waals surface area contributed by atoms with Crippen molar-refractivity contribution in [3.63, 3.8) is 0 Å². The topological polar surface area (TPSA) is 38.3 Å². The summed E-state index contributed by atoms with van der Waals surface area (Å²) in [5.74, 6) is 0.692. The van der Waals surface area contributed by atoms with E-state index in [9.17, 15) is 4.79 Å². The minimum absolute atomic E-state index is 0.181. The molecule has 0 aromatic heterocycles. The van der Waals surface area contributed by atoms with Crippen LogP contribution in [-0.4, -0.2) is 24.7 Å². The summed E-state index contributed by atoms with van der Waals surface area (Å²) in [6, 6.07) is 20.2. The molecule has 0 aliphatic carbocycles. The molecule has 3 heteroatoms. The standard InChI is InChI=1S/C26H37NO2/c1-19(2)16-24(17-20(3)4)27-18-21(5)29-26(28)25(22-12-8-6-9-13-22)23-14-10-7-11-15-23/h6-15,19-21,24-25,27H,16-18H2,1-5H3. The van der Waals surface area contributed by atoms with E-state index in [1.54, 1.807) is 0 Å².